The van der Waals surface area contributed by atoms with E-state index in [0.717, 1.165) is 6.42 Å². The standard InChI is InChI=1S/C12H24N2O2/c1-5-10(8(2)3)14-12(15)9-6-16-7-11(9)13-4/h8-11,13H,5-7H2,1-4H3,(H,14,15). The number of hydrogen-bond acceptors (Lipinski definition) is 3. The molecule has 1 fully saturated rings. The van der Waals surface area contributed by atoms with Crippen LogP contribution < -0.4 is 10.6 Å². The van der Waals surface area contributed by atoms with Gasteiger partial charge in [-0.15, -0.1) is 0 Å². The lowest BCUT2D eigenvalue weighted by Crippen LogP contribution is -2.47. The minimum Gasteiger partial charge on any atom is -0.379 e. The SMILES string of the molecule is CCC(NC(=O)C1COCC1NC)C(C)C. The summed E-state index contributed by atoms with van der Waals surface area (Å²) in [5, 5.41) is 6.24. The van der Waals surface area contributed by atoms with Crippen LogP contribution in [0.2, 0.25) is 0 Å². The van der Waals surface area contributed by atoms with E-state index in [2.05, 4.69) is 31.4 Å². The molecule has 16 heavy (non-hydrogen) atoms. The van der Waals surface area contributed by atoms with Crippen LogP contribution >= 0.6 is 0 Å². The van der Waals surface area contributed by atoms with Crippen molar-refractivity contribution >= 4 is 5.91 Å². The van der Waals surface area contributed by atoms with E-state index in [1.807, 2.05) is 7.05 Å². The Kier molecular flexibility index (Phi) is 5.22. The average molecular weight is 228 g/mol. The van der Waals surface area contributed by atoms with Crippen LogP contribution in [0.1, 0.15) is 27.2 Å². The summed E-state index contributed by atoms with van der Waals surface area (Å²) in [7, 11) is 1.87. The Morgan fingerprint density at radius 1 is 1.44 bits per heavy atom. The number of rotatable bonds is 5. The normalized spacial score (nSPS) is 27.1. The molecule has 0 radical (unpaired) electrons. The zero-order chi connectivity index (χ0) is 12.1. The van der Waals surface area contributed by atoms with Crippen LogP contribution in [0, 0.1) is 11.8 Å². The molecule has 1 rings (SSSR count). The maximum atomic E-state index is 12.1. The molecular weight excluding hydrogens is 204 g/mol. The number of hydrogen-bond donors (Lipinski definition) is 2. The first kappa shape index (κ1) is 13.5. The molecule has 0 aliphatic carbocycles. The largest absolute Gasteiger partial charge is 0.379 e. The second-order valence-electron chi connectivity index (χ2n) is 4.81. The number of likely N-dealkylation sites (N-methyl/N-ethyl adjacent to an activating group) is 1. The van der Waals surface area contributed by atoms with Crippen LogP contribution in [0.3, 0.4) is 0 Å². The van der Waals surface area contributed by atoms with Gasteiger partial charge in [-0.2, -0.15) is 0 Å². The van der Waals surface area contributed by atoms with Crippen molar-refractivity contribution in [2.24, 2.45) is 11.8 Å². The van der Waals surface area contributed by atoms with E-state index in [9.17, 15) is 4.79 Å². The zero-order valence-corrected chi connectivity index (χ0v) is 10.7. The summed E-state index contributed by atoms with van der Waals surface area (Å²) in [6.45, 7) is 7.54. The molecule has 0 bridgehead atoms. The molecule has 1 heterocycles. The van der Waals surface area contributed by atoms with Crippen LogP contribution in [-0.4, -0.2) is 38.3 Å². The molecule has 1 aliphatic heterocycles. The summed E-state index contributed by atoms with van der Waals surface area (Å²) in [5.74, 6) is 0.555. The number of amides is 1. The molecule has 0 aromatic rings. The molecule has 3 atom stereocenters. The molecule has 4 heteroatoms. The van der Waals surface area contributed by atoms with E-state index < -0.39 is 0 Å². The van der Waals surface area contributed by atoms with Gasteiger partial charge in [-0.3, -0.25) is 4.79 Å². The van der Waals surface area contributed by atoms with Gasteiger partial charge >= 0.3 is 0 Å². The van der Waals surface area contributed by atoms with Gasteiger partial charge in [-0.25, -0.2) is 0 Å². The van der Waals surface area contributed by atoms with E-state index in [0.29, 0.717) is 19.1 Å². The molecule has 1 aliphatic rings. The van der Waals surface area contributed by atoms with Gasteiger partial charge in [0.2, 0.25) is 5.91 Å². The van der Waals surface area contributed by atoms with Crippen molar-refractivity contribution in [2.75, 3.05) is 20.3 Å². The second-order valence-corrected chi connectivity index (χ2v) is 4.81. The molecule has 4 nitrogen and oxygen atoms in total. The smallest absolute Gasteiger partial charge is 0.227 e. The molecule has 2 N–H and O–H groups in total. The van der Waals surface area contributed by atoms with Crippen molar-refractivity contribution in [1.82, 2.24) is 10.6 Å². The van der Waals surface area contributed by atoms with Crippen molar-refractivity contribution in [3.8, 4) is 0 Å². The van der Waals surface area contributed by atoms with Gasteiger partial charge in [0.25, 0.3) is 0 Å². The van der Waals surface area contributed by atoms with Gasteiger partial charge in [0.05, 0.1) is 19.1 Å². The predicted octanol–water partition coefficient (Wildman–Crippen LogP) is 0.772. The summed E-state index contributed by atoms with van der Waals surface area (Å²) in [4.78, 5) is 12.1. The van der Waals surface area contributed by atoms with E-state index in [4.69, 9.17) is 4.74 Å². The van der Waals surface area contributed by atoms with E-state index in [1.54, 1.807) is 0 Å². The molecule has 94 valence electrons. The van der Waals surface area contributed by atoms with E-state index in [-0.39, 0.29) is 23.9 Å². The maximum Gasteiger partial charge on any atom is 0.227 e. The van der Waals surface area contributed by atoms with E-state index >= 15 is 0 Å². The lowest BCUT2D eigenvalue weighted by molar-refractivity contribution is -0.126. The molecular formula is C12H24N2O2. The zero-order valence-electron chi connectivity index (χ0n) is 10.7. The van der Waals surface area contributed by atoms with Crippen molar-refractivity contribution < 1.29 is 9.53 Å². The summed E-state index contributed by atoms with van der Waals surface area (Å²) in [6.07, 6.45) is 0.973. The lowest BCUT2D eigenvalue weighted by atomic mass is 9.98. The van der Waals surface area contributed by atoms with E-state index in [1.165, 1.54) is 0 Å². The number of carbonyl (C=O) groups is 1. The summed E-state index contributed by atoms with van der Waals surface area (Å²) in [5.41, 5.74) is 0. The Labute approximate surface area is 98.1 Å². The molecule has 0 saturated carbocycles. The Hall–Kier alpha value is -0.610. The van der Waals surface area contributed by atoms with Gasteiger partial charge in [0.15, 0.2) is 0 Å². The molecule has 0 aromatic heterocycles. The minimum atomic E-state index is -0.0437. The average Bonchev–Trinajstić information content (AvgIpc) is 2.72. The van der Waals surface area contributed by atoms with Gasteiger partial charge in [-0.05, 0) is 19.4 Å². The maximum absolute atomic E-state index is 12.1. The van der Waals surface area contributed by atoms with Crippen molar-refractivity contribution in [2.45, 2.75) is 39.3 Å². The summed E-state index contributed by atoms with van der Waals surface area (Å²) >= 11 is 0. The van der Waals surface area contributed by atoms with Crippen molar-refractivity contribution in [3.63, 3.8) is 0 Å². The van der Waals surface area contributed by atoms with Crippen LogP contribution in [0.25, 0.3) is 0 Å². The number of carbonyl (C=O) groups excluding carboxylic acids is 1. The Balaban J connectivity index is 2.50. The molecule has 1 amide bonds. The molecule has 0 spiro atoms. The Morgan fingerprint density at radius 2 is 2.12 bits per heavy atom. The van der Waals surface area contributed by atoms with Crippen molar-refractivity contribution in [1.29, 1.82) is 0 Å². The van der Waals surface area contributed by atoms with Gasteiger partial charge in [0.1, 0.15) is 0 Å². The first-order chi connectivity index (χ1) is 7.60. The van der Waals surface area contributed by atoms with Crippen molar-refractivity contribution in [3.05, 3.63) is 0 Å². The molecule has 3 unspecified atom stereocenters. The highest BCUT2D eigenvalue weighted by Gasteiger charge is 2.33. The van der Waals surface area contributed by atoms with Gasteiger partial charge in [-0.1, -0.05) is 20.8 Å². The van der Waals surface area contributed by atoms with Crippen LogP contribution in [0.5, 0.6) is 0 Å². The minimum absolute atomic E-state index is 0.0437. The summed E-state index contributed by atoms with van der Waals surface area (Å²) in [6, 6.07) is 0.426. The highest BCUT2D eigenvalue weighted by molar-refractivity contribution is 5.80. The third-order valence-electron chi connectivity index (χ3n) is 3.36. The fourth-order valence-corrected chi connectivity index (χ4v) is 2.13. The highest BCUT2D eigenvalue weighted by Crippen LogP contribution is 2.15. The topological polar surface area (TPSA) is 50.4 Å². The summed E-state index contributed by atoms with van der Waals surface area (Å²) < 4.78 is 5.33. The fourth-order valence-electron chi connectivity index (χ4n) is 2.13. The van der Waals surface area contributed by atoms with Crippen LogP contribution in [0.4, 0.5) is 0 Å². The quantitative estimate of drug-likeness (QED) is 0.731. The first-order valence-electron chi connectivity index (χ1n) is 6.15. The predicted molar refractivity (Wildman–Crippen MR) is 64.2 cm³/mol. The monoisotopic (exact) mass is 228 g/mol. The fraction of sp³-hybridized carbons (Fsp3) is 0.917. The molecule has 0 aromatic carbocycles. The number of nitrogens with one attached hydrogen (secondary N) is 2. The van der Waals surface area contributed by atoms with Crippen LogP contribution in [0.15, 0.2) is 0 Å². The second kappa shape index (κ2) is 6.21. The first-order valence-corrected chi connectivity index (χ1v) is 6.15. The third kappa shape index (κ3) is 3.19. The van der Waals surface area contributed by atoms with Gasteiger partial charge in [0, 0.05) is 12.1 Å². The Morgan fingerprint density at radius 3 is 2.62 bits per heavy atom. The highest BCUT2D eigenvalue weighted by atomic mass is 16.5. The van der Waals surface area contributed by atoms with Crippen LogP contribution in [-0.2, 0) is 9.53 Å². The lowest BCUT2D eigenvalue weighted by Gasteiger charge is -2.24. The Bertz CT molecular complexity index is 231. The third-order valence-corrected chi connectivity index (χ3v) is 3.36. The molecule has 1 saturated heterocycles. The number of ether oxygens (including phenoxy) is 1. The van der Waals surface area contributed by atoms with Gasteiger partial charge < -0.3 is 15.4 Å².